The van der Waals surface area contributed by atoms with Crippen molar-refractivity contribution in [1.82, 2.24) is 0 Å². The number of aryl methyl sites for hydroxylation is 1. The highest BCUT2D eigenvalue weighted by atomic mass is 35.5. The van der Waals surface area contributed by atoms with Gasteiger partial charge in [0.1, 0.15) is 0 Å². The number of hydrogen-bond acceptors (Lipinski definition) is 5. The summed E-state index contributed by atoms with van der Waals surface area (Å²) in [6, 6.07) is 13.3. The molecule has 9 heteroatoms. The van der Waals surface area contributed by atoms with Gasteiger partial charge in [-0.15, -0.1) is 23.2 Å². The molecule has 1 heterocycles. The van der Waals surface area contributed by atoms with Crippen molar-refractivity contribution in [2.45, 2.75) is 24.1 Å². The number of esters is 1. The second-order valence-corrected chi connectivity index (χ2v) is 10.0. The number of alkyl halides is 2. The van der Waals surface area contributed by atoms with Gasteiger partial charge in [0.05, 0.1) is 33.8 Å². The fourth-order valence-corrected chi connectivity index (χ4v) is 6.36. The molecule has 7 nitrogen and oxygen atoms in total. The zero-order valence-electron chi connectivity index (χ0n) is 18.2. The third kappa shape index (κ3) is 3.67. The first-order chi connectivity index (χ1) is 16.3. The van der Waals surface area contributed by atoms with Crippen LogP contribution in [0, 0.1) is 30.6 Å². The average Bonchev–Trinajstić information content (AvgIpc) is 3.44. The minimum Gasteiger partial charge on any atom is -0.452 e. The molecule has 176 valence electrons. The van der Waals surface area contributed by atoms with E-state index in [-0.39, 0.29) is 40.0 Å². The van der Waals surface area contributed by atoms with Gasteiger partial charge in [-0.25, -0.2) is 4.79 Å². The number of hydrogen-bond donors (Lipinski definition) is 1. The molecule has 1 aliphatic heterocycles. The van der Waals surface area contributed by atoms with Crippen LogP contribution >= 0.6 is 23.2 Å². The number of ether oxygens (including phenoxy) is 1. The predicted octanol–water partition coefficient (Wildman–Crippen LogP) is 3.76. The van der Waals surface area contributed by atoms with Gasteiger partial charge in [-0.05, 0) is 61.1 Å². The molecule has 1 N–H and O–H groups in total. The van der Waals surface area contributed by atoms with Crippen molar-refractivity contribution in [3.8, 4) is 0 Å². The molecule has 6 atom stereocenters. The molecule has 0 aromatic heterocycles. The maximum atomic E-state index is 13.1. The summed E-state index contributed by atoms with van der Waals surface area (Å²) >= 11 is 12.8. The molecule has 5 rings (SSSR count). The van der Waals surface area contributed by atoms with Crippen LogP contribution in [-0.4, -0.2) is 41.1 Å². The van der Waals surface area contributed by atoms with Crippen molar-refractivity contribution in [2.24, 2.45) is 23.7 Å². The number of carbonyl (C=O) groups excluding carboxylic acids is 4. The molecule has 3 fully saturated rings. The van der Waals surface area contributed by atoms with Crippen LogP contribution in [0.4, 0.5) is 11.4 Å². The summed E-state index contributed by atoms with van der Waals surface area (Å²) in [5.74, 6) is -2.74. The number of rotatable bonds is 5. The van der Waals surface area contributed by atoms with Crippen molar-refractivity contribution in [1.29, 1.82) is 0 Å². The van der Waals surface area contributed by atoms with E-state index in [9.17, 15) is 19.2 Å². The Morgan fingerprint density at radius 3 is 2.15 bits per heavy atom. The lowest BCUT2D eigenvalue weighted by Crippen LogP contribution is -2.37. The Morgan fingerprint density at radius 2 is 1.56 bits per heavy atom. The molecule has 2 aliphatic carbocycles. The number of carbonyl (C=O) groups is 4. The maximum absolute atomic E-state index is 13.1. The first kappa shape index (κ1) is 22.9. The van der Waals surface area contributed by atoms with Gasteiger partial charge < -0.3 is 10.1 Å². The Bertz CT molecular complexity index is 1150. The van der Waals surface area contributed by atoms with Crippen molar-refractivity contribution < 1.29 is 23.9 Å². The SMILES string of the molecule is Cc1ccccc1NC(=O)COC(=O)c1ccc(N2C(=O)[C@@H]3[C@H]4C[C@@H]([C@@H](Cl)[C@H]4Cl)[C@H]3C2=O)cc1. The van der Waals surface area contributed by atoms with E-state index in [1.54, 1.807) is 12.1 Å². The first-order valence-electron chi connectivity index (χ1n) is 11.1. The number of anilines is 2. The van der Waals surface area contributed by atoms with E-state index in [0.717, 1.165) is 5.56 Å². The molecule has 2 aromatic rings. The average molecular weight is 501 g/mol. The monoisotopic (exact) mass is 500 g/mol. The maximum Gasteiger partial charge on any atom is 0.338 e. The Kier molecular flexibility index (Phi) is 5.86. The van der Waals surface area contributed by atoms with Gasteiger partial charge in [0.25, 0.3) is 5.91 Å². The number of halogens is 2. The minimum absolute atomic E-state index is 0.0966. The number of benzene rings is 2. The van der Waals surface area contributed by atoms with Crippen LogP contribution < -0.4 is 10.2 Å². The van der Waals surface area contributed by atoms with Gasteiger partial charge in [0.2, 0.25) is 11.8 Å². The largest absolute Gasteiger partial charge is 0.452 e. The number of imide groups is 1. The summed E-state index contributed by atoms with van der Waals surface area (Å²) < 4.78 is 5.10. The summed E-state index contributed by atoms with van der Waals surface area (Å²) in [4.78, 5) is 51.8. The Balaban J connectivity index is 1.22. The highest BCUT2D eigenvalue weighted by molar-refractivity contribution is 6.32. The quantitative estimate of drug-likeness (QED) is 0.383. The van der Waals surface area contributed by atoms with E-state index in [1.165, 1.54) is 29.2 Å². The van der Waals surface area contributed by atoms with E-state index in [2.05, 4.69) is 5.32 Å². The number of nitrogens with zero attached hydrogens (tertiary/aromatic N) is 1. The second kappa shape index (κ2) is 8.71. The van der Waals surface area contributed by atoms with Crippen LogP contribution in [0.25, 0.3) is 0 Å². The van der Waals surface area contributed by atoms with Gasteiger partial charge in [0.15, 0.2) is 6.61 Å². The van der Waals surface area contributed by atoms with E-state index in [1.807, 2.05) is 19.1 Å². The summed E-state index contributed by atoms with van der Waals surface area (Å²) in [5, 5.41) is 2.06. The molecule has 34 heavy (non-hydrogen) atoms. The van der Waals surface area contributed by atoms with Gasteiger partial charge in [-0.2, -0.15) is 0 Å². The first-order valence-corrected chi connectivity index (χ1v) is 11.9. The second-order valence-electron chi connectivity index (χ2n) is 9.00. The smallest absolute Gasteiger partial charge is 0.338 e. The van der Waals surface area contributed by atoms with Gasteiger partial charge in [-0.1, -0.05) is 18.2 Å². The van der Waals surface area contributed by atoms with Crippen LogP contribution in [0.3, 0.4) is 0 Å². The van der Waals surface area contributed by atoms with Crippen molar-refractivity contribution in [3.63, 3.8) is 0 Å². The Morgan fingerprint density at radius 1 is 0.971 bits per heavy atom. The van der Waals surface area contributed by atoms with Crippen molar-refractivity contribution >= 4 is 58.3 Å². The van der Waals surface area contributed by atoms with Crippen LogP contribution in [0.1, 0.15) is 22.3 Å². The summed E-state index contributed by atoms with van der Waals surface area (Å²) in [6.45, 7) is 1.42. The predicted molar refractivity (Wildman–Crippen MR) is 127 cm³/mol. The zero-order valence-corrected chi connectivity index (χ0v) is 19.8. The van der Waals surface area contributed by atoms with Crippen molar-refractivity contribution in [3.05, 3.63) is 59.7 Å². The zero-order chi connectivity index (χ0) is 24.1. The molecule has 3 aliphatic rings. The number of para-hydroxylation sites is 1. The Hall–Kier alpha value is -2.90. The van der Waals surface area contributed by atoms with Crippen LogP contribution in [0.5, 0.6) is 0 Å². The molecular formula is C25H22Cl2N2O5. The molecule has 1 saturated heterocycles. The number of fused-ring (bicyclic) bond motifs is 5. The summed E-state index contributed by atoms with van der Waals surface area (Å²) in [7, 11) is 0. The van der Waals surface area contributed by atoms with Gasteiger partial charge in [0, 0.05) is 5.69 Å². The van der Waals surface area contributed by atoms with E-state index in [0.29, 0.717) is 17.8 Å². The van der Waals surface area contributed by atoms with E-state index in [4.69, 9.17) is 27.9 Å². The highest BCUT2D eigenvalue weighted by Crippen LogP contribution is 2.59. The Labute approximate surface area is 206 Å². The third-order valence-corrected chi connectivity index (χ3v) is 8.42. The topological polar surface area (TPSA) is 92.8 Å². The normalized spacial score (nSPS) is 29.3. The van der Waals surface area contributed by atoms with Crippen LogP contribution in [0.15, 0.2) is 48.5 Å². The third-order valence-electron chi connectivity index (χ3n) is 7.10. The molecule has 0 unspecified atom stereocenters. The van der Waals surface area contributed by atoms with Gasteiger partial charge in [-0.3, -0.25) is 19.3 Å². The van der Waals surface area contributed by atoms with Crippen LogP contribution in [0.2, 0.25) is 0 Å². The summed E-state index contributed by atoms with van der Waals surface area (Å²) in [6.07, 6.45) is 0.700. The fourth-order valence-electron chi connectivity index (χ4n) is 5.46. The minimum atomic E-state index is -0.685. The lowest BCUT2D eigenvalue weighted by Gasteiger charge is -2.28. The highest BCUT2D eigenvalue weighted by Gasteiger charge is 2.66. The van der Waals surface area contributed by atoms with Gasteiger partial charge >= 0.3 is 5.97 Å². The lowest BCUT2D eigenvalue weighted by atomic mass is 9.80. The fraction of sp³-hybridized carbons (Fsp3) is 0.360. The molecule has 2 aromatic carbocycles. The standard InChI is InChI=1S/C25H22Cl2N2O5/c1-12-4-2-3-5-17(12)28-18(30)11-34-25(33)13-6-8-14(9-7-13)29-23(31)19-15-10-16(20(19)24(29)32)22(27)21(15)26/h2-9,15-16,19-22H,10-11H2,1H3,(H,28,30)/t15-,16-,19-,20-,21-,22+/m1/s1. The van der Waals surface area contributed by atoms with Crippen LogP contribution in [-0.2, 0) is 19.1 Å². The molecule has 2 saturated carbocycles. The molecule has 0 radical (unpaired) electrons. The molecule has 0 spiro atoms. The molecule has 2 bridgehead atoms. The van der Waals surface area contributed by atoms with E-state index < -0.39 is 30.3 Å². The molecular weight excluding hydrogens is 479 g/mol. The number of nitrogens with one attached hydrogen (secondary N) is 1. The summed E-state index contributed by atoms with van der Waals surface area (Å²) in [5.41, 5.74) is 2.12. The van der Waals surface area contributed by atoms with E-state index >= 15 is 0 Å². The number of amides is 3. The lowest BCUT2D eigenvalue weighted by molar-refractivity contribution is -0.123. The molecule has 3 amide bonds. The van der Waals surface area contributed by atoms with Crippen molar-refractivity contribution in [2.75, 3.05) is 16.8 Å².